The van der Waals surface area contributed by atoms with Gasteiger partial charge in [-0.2, -0.15) is 0 Å². The Balaban J connectivity index is 2.26. The predicted octanol–water partition coefficient (Wildman–Crippen LogP) is 1.99. The van der Waals surface area contributed by atoms with Crippen LogP contribution in [0.3, 0.4) is 0 Å². The highest BCUT2D eigenvalue weighted by Crippen LogP contribution is 2.22. The molecular weight excluding hydrogens is 146 g/mol. The second-order valence-electron chi connectivity index (χ2n) is 4.00. The molecule has 0 aromatic carbocycles. The van der Waals surface area contributed by atoms with Crippen molar-refractivity contribution in [2.24, 2.45) is 11.8 Å². The zero-order chi connectivity index (χ0) is 8.97. The fourth-order valence-electron chi connectivity index (χ4n) is 1.77. The lowest BCUT2D eigenvalue weighted by Gasteiger charge is -2.34. The van der Waals surface area contributed by atoms with Crippen LogP contribution in [-0.4, -0.2) is 24.5 Å². The van der Waals surface area contributed by atoms with Crippen LogP contribution in [-0.2, 0) is 0 Å². The molecule has 1 saturated heterocycles. The Bertz CT molecular complexity index is 168. The molecule has 0 spiro atoms. The summed E-state index contributed by atoms with van der Waals surface area (Å²) in [5.41, 5.74) is 0. The standard InChI is InChI=1S/C11H19N/c1-4-5-7-12-8-6-10(2)11(3)9-12/h1,10-11H,5-9H2,2-3H3. The summed E-state index contributed by atoms with van der Waals surface area (Å²) in [6, 6.07) is 0. The Kier molecular flexibility index (Phi) is 3.62. The number of piperidine rings is 1. The van der Waals surface area contributed by atoms with Crippen molar-refractivity contribution in [2.75, 3.05) is 19.6 Å². The quantitative estimate of drug-likeness (QED) is 0.566. The smallest absolute Gasteiger partial charge is 0.0214 e. The fraction of sp³-hybridized carbons (Fsp3) is 0.818. The minimum absolute atomic E-state index is 0.844. The van der Waals surface area contributed by atoms with Crippen molar-refractivity contribution in [3.8, 4) is 12.3 Å². The highest BCUT2D eigenvalue weighted by Gasteiger charge is 2.21. The molecule has 0 aromatic heterocycles. The number of hydrogen-bond acceptors (Lipinski definition) is 1. The zero-order valence-electron chi connectivity index (χ0n) is 8.21. The highest BCUT2D eigenvalue weighted by atomic mass is 15.1. The second-order valence-corrected chi connectivity index (χ2v) is 4.00. The third-order valence-electron chi connectivity index (χ3n) is 2.99. The SMILES string of the molecule is C#CCCN1CCC(C)C(C)C1. The minimum Gasteiger partial charge on any atom is -0.302 e. The van der Waals surface area contributed by atoms with Gasteiger partial charge in [0.15, 0.2) is 0 Å². The van der Waals surface area contributed by atoms with Gasteiger partial charge < -0.3 is 4.90 Å². The molecule has 0 aliphatic carbocycles. The summed E-state index contributed by atoms with van der Waals surface area (Å²) in [6.45, 7) is 8.26. The first-order valence-corrected chi connectivity index (χ1v) is 4.90. The third kappa shape index (κ3) is 2.53. The summed E-state index contributed by atoms with van der Waals surface area (Å²) in [7, 11) is 0. The molecule has 12 heavy (non-hydrogen) atoms. The van der Waals surface area contributed by atoms with Gasteiger partial charge in [0, 0.05) is 19.5 Å². The van der Waals surface area contributed by atoms with E-state index in [0.29, 0.717) is 0 Å². The van der Waals surface area contributed by atoms with E-state index in [2.05, 4.69) is 24.7 Å². The van der Waals surface area contributed by atoms with Crippen molar-refractivity contribution in [1.29, 1.82) is 0 Å². The number of hydrogen-bond donors (Lipinski definition) is 0. The van der Waals surface area contributed by atoms with Crippen LogP contribution in [0.4, 0.5) is 0 Å². The van der Waals surface area contributed by atoms with E-state index in [9.17, 15) is 0 Å². The summed E-state index contributed by atoms with van der Waals surface area (Å²) < 4.78 is 0. The van der Waals surface area contributed by atoms with Crippen molar-refractivity contribution in [3.63, 3.8) is 0 Å². The van der Waals surface area contributed by atoms with Gasteiger partial charge in [0.2, 0.25) is 0 Å². The maximum absolute atomic E-state index is 5.23. The molecule has 2 unspecified atom stereocenters. The van der Waals surface area contributed by atoms with Gasteiger partial charge in [-0.25, -0.2) is 0 Å². The van der Waals surface area contributed by atoms with Crippen LogP contribution in [0.15, 0.2) is 0 Å². The van der Waals surface area contributed by atoms with Gasteiger partial charge in [-0.3, -0.25) is 0 Å². The van der Waals surface area contributed by atoms with E-state index in [1.807, 2.05) is 0 Å². The average Bonchev–Trinajstić information content (AvgIpc) is 2.07. The van der Waals surface area contributed by atoms with E-state index < -0.39 is 0 Å². The molecule has 0 bridgehead atoms. The van der Waals surface area contributed by atoms with Crippen molar-refractivity contribution < 1.29 is 0 Å². The second kappa shape index (κ2) is 4.52. The summed E-state index contributed by atoms with van der Waals surface area (Å²) in [4.78, 5) is 2.49. The van der Waals surface area contributed by atoms with Crippen molar-refractivity contribution >= 4 is 0 Å². The third-order valence-corrected chi connectivity index (χ3v) is 2.99. The lowest BCUT2D eigenvalue weighted by atomic mass is 9.89. The number of likely N-dealkylation sites (tertiary alicyclic amines) is 1. The molecule has 1 nitrogen and oxygen atoms in total. The molecule has 68 valence electrons. The van der Waals surface area contributed by atoms with Crippen LogP contribution >= 0.6 is 0 Å². The van der Waals surface area contributed by atoms with Crippen molar-refractivity contribution in [2.45, 2.75) is 26.7 Å². The molecule has 1 fully saturated rings. The van der Waals surface area contributed by atoms with Crippen LogP contribution < -0.4 is 0 Å². The number of rotatable bonds is 2. The molecule has 1 aliphatic heterocycles. The molecule has 0 saturated carbocycles. The Morgan fingerprint density at radius 3 is 2.75 bits per heavy atom. The molecule has 1 rings (SSSR count). The van der Waals surface area contributed by atoms with Gasteiger partial charge in [0.1, 0.15) is 0 Å². The summed E-state index contributed by atoms with van der Waals surface area (Å²) in [5.74, 6) is 4.44. The van der Waals surface area contributed by atoms with Gasteiger partial charge in [0.25, 0.3) is 0 Å². The first-order chi connectivity index (χ1) is 5.74. The molecular formula is C11H19N. The zero-order valence-corrected chi connectivity index (χ0v) is 8.21. The average molecular weight is 165 g/mol. The van der Waals surface area contributed by atoms with E-state index >= 15 is 0 Å². The number of nitrogens with zero attached hydrogens (tertiary/aromatic N) is 1. The van der Waals surface area contributed by atoms with Crippen LogP contribution in [0.5, 0.6) is 0 Å². The van der Waals surface area contributed by atoms with Gasteiger partial charge in [0.05, 0.1) is 0 Å². The topological polar surface area (TPSA) is 3.24 Å². The monoisotopic (exact) mass is 165 g/mol. The van der Waals surface area contributed by atoms with Crippen LogP contribution in [0.2, 0.25) is 0 Å². The van der Waals surface area contributed by atoms with Crippen molar-refractivity contribution in [1.82, 2.24) is 4.90 Å². The molecule has 1 heteroatoms. The molecule has 0 aromatic rings. The van der Waals surface area contributed by atoms with E-state index in [4.69, 9.17) is 6.42 Å². The Labute approximate surface area is 76.1 Å². The molecule has 1 heterocycles. The lowest BCUT2D eigenvalue weighted by molar-refractivity contribution is 0.141. The van der Waals surface area contributed by atoms with Crippen LogP contribution in [0, 0.1) is 24.2 Å². The lowest BCUT2D eigenvalue weighted by Crippen LogP contribution is -2.38. The predicted molar refractivity (Wildman–Crippen MR) is 52.8 cm³/mol. The van der Waals surface area contributed by atoms with E-state index in [-0.39, 0.29) is 0 Å². The van der Waals surface area contributed by atoms with Crippen molar-refractivity contribution in [3.05, 3.63) is 0 Å². The highest BCUT2D eigenvalue weighted by molar-refractivity contribution is 4.86. The normalized spacial score (nSPS) is 31.4. The van der Waals surface area contributed by atoms with Gasteiger partial charge in [-0.15, -0.1) is 12.3 Å². The first-order valence-electron chi connectivity index (χ1n) is 4.90. The summed E-state index contributed by atoms with van der Waals surface area (Å²) >= 11 is 0. The minimum atomic E-state index is 0.844. The molecule has 0 amide bonds. The Hall–Kier alpha value is -0.480. The van der Waals surface area contributed by atoms with Crippen LogP contribution in [0.1, 0.15) is 26.7 Å². The first kappa shape index (κ1) is 9.61. The van der Waals surface area contributed by atoms with Gasteiger partial charge in [-0.1, -0.05) is 13.8 Å². The van der Waals surface area contributed by atoms with Gasteiger partial charge in [-0.05, 0) is 24.8 Å². The Morgan fingerprint density at radius 1 is 1.42 bits per heavy atom. The summed E-state index contributed by atoms with van der Waals surface area (Å²) in [6.07, 6.45) is 7.47. The van der Waals surface area contributed by atoms with Gasteiger partial charge >= 0.3 is 0 Å². The summed E-state index contributed by atoms with van der Waals surface area (Å²) in [5, 5.41) is 0. The molecule has 2 atom stereocenters. The van der Waals surface area contributed by atoms with E-state index in [0.717, 1.165) is 24.8 Å². The molecule has 1 aliphatic rings. The largest absolute Gasteiger partial charge is 0.302 e. The molecule has 0 N–H and O–H groups in total. The Morgan fingerprint density at radius 2 is 2.17 bits per heavy atom. The fourth-order valence-corrected chi connectivity index (χ4v) is 1.77. The molecule has 0 radical (unpaired) electrons. The van der Waals surface area contributed by atoms with E-state index in [1.165, 1.54) is 19.5 Å². The maximum Gasteiger partial charge on any atom is 0.0214 e. The number of terminal acetylenes is 1. The van der Waals surface area contributed by atoms with E-state index in [1.54, 1.807) is 0 Å². The maximum atomic E-state index is 5.23. The van der Waals surface area contributed by atoms with Crippen LogP contribution in [0.25, 0.3) is 0 Å².